The highest BCUT2D eigenvalue weighted by Gasteiger charge is 2.41. The Morgan fingerprint density at radius 1 is 0.857 bits per heavy atom. The van der Waals surface area contributed by atoms with Crippen LogP contribution in [0.3, 0.4) is 0 Å². The van der Waals surface area contributed by atoms with E-state index in [0.717, 1.165) is 17.1 Å². The molecule has 2 aliphatic rings. The van der Waals surface area contributed by atoms with Crippen molar-refractivity contribution in [1.29, 1.82) is 0 Å². The molecule has 13 nitrogen and oxygen atoms in total. The molecule has 2 aliphatic heterocycles. The van der Waals surface area contributed by atoms with Crippen molar-refractivity contribution in [2.24, 2.45) is 5.10 Å². The number of hydrazone groups is 1. The zero-order chi connectivity index (χ0) is 31.3. The van der Waals surface area contributed by atoms with E-state index in [1.54, 1.807) is 43.9 Å². The van der Waals surface area contributed by atoms with Gasteiger partial charge in [0.2, 0.25) is 0 Å². The summed E-state index contributed by atoms with van der Waals surface area (Å²) in [5, 5.41) is 5.30. The monoisotopic (exact) mass is 637 g/mol. The highest BCUT2D eigenvalue weighted by molar-refractivity contribution is 7.86. The molecule has 42 heavy (non-hydrogen) atoms. The van der Waals surface area contributed by atoms with Crippen molar-refractivity contribution in [3.8, 4) is 0 Å². The van der Waals surface area contributed by atoms with E-state index in [-0.39, 0.29) is 27.6 Å². The summed E-state index contributed by atoms with van der Waals surface area (Å²) in [6, 6.07) is 8.90. The van der Waals surface area contributed by atoms with Gasteiger partial charge in [0.25, 0.3) is 36.3 Å². The maximum Gasteiger partial charge on any atom is 0.294 e. The molecule has 1 amide bonds. The first kappa shape index (κ1) is 31.3. The Morgan fingerprint density at radius 2 is 1.43 bits per heavy atom. The van der Waals surface area contributed by atoms with E-state index in [1.165, 1.54) is 36.4 Å². The van der Waals surface area contributed by atoms with Gasteiger partial charge in [0, 0.05) is 23.3 Å². The topological polar surface area (TPSA) is 199 Å². The fourth-order valence-corrected chi connectivity index (χ4v) is 6.11. The average molecular weight is 638 g/mol. The van der Waals surface area contributed by atoms with E-state index >= 15 is 0 Å². The Morgan fingerprint density at radius 3 is 2.00 bits per heavy atom. The van der Waals surface area contributed by atoms with Crippen LogP contribution in [0.25, 0.3) is 0 Å². The first-order valence-corrected chi connectivity index (χ1v) is 16.7. The van der Waals surface area contributed by atoms with Gasteiger partial charge in [-0.25, -0.2) is 0 Å². The van der Waals surface area contributed by atoms with Crippen molar-refractivity contribution < 1.29 is 43.7 Å². The number of rotatable bonds is 8. The minimum atomic E-state index is -4.50. The minimum Gasteiger partial charge on any atom is -0.343 e. The molecule has 2 heterocycles. The van der Waals surface area contributed by atoms with Crippen LogP contribution in [0.15, 0.2) is 92.9 Å². The lowest BCUT2D eigenvalue weighted by atomic mass is 9.83. The van der Waals surface area contributed by atoms with Crippen LogP contribution in [0.1, 0.15) is 26.3 Å². The number of nitrogens with zero attached hydrogens (tertiary/aromatic N) is 3. The molecule has 2 aromatic carbocycles. The zero-order valence-corrected chi connectivity index (χ0v) is 25.0. The van der Waals surface area contributed by atoms with E-state index in [2.05, 4.69) is 5.10 Å². The van der Waals surface area contributed by atoms with Crippen LogP contribution in [0.4, 0.5) is 11.4 Å². The van der Waals surface area contributed by atoms with E-state index in [4.69, 9.17) is 4.55 Å². The Hall–Kier alpha value is -3.67. The largest absolute Gasteiger partial charge is 0.343 e. The van der Waals surface area contributed by atoms with Crippen LogP contribution in [-0.4, -0.2) is 62.8 Å². The van der Waals surface area contributed by atoms with Crippen molar-refractivity contribution in [2.75, 3.05) is 22.2 Å². The second-order valence-corrected chi connectivity index (χ2v) is 14.4. The van der Waals surface area contributed by atoms with Gasteiger partial charge in [-0.3, -0.25) is 18.5 Å². The third-order valence-corrected chi connectivity index (χ3v) is 9.22. The van der Waals surface area contributed by atoms with Crippen molar-refractivity contribution in [1.82, 2.24) is 0 Å². The molecular weight excluding hydrogens is 610 g/mol. The molecule has 0 bridgehead atoms. The lowest BCUT2D eigenvalue weighted by Gasteiger charge is -2.26. The maximum atomic E-state index is 13.0. The van der Waals surface area contributed by atoms with Crippen LogP contribution in [0, 0.1) is 0 Å². The number of hydrogen-bond donors (Lipinski definition) is 3. The highest BCUT2D eigenvalue weighted by Crippen LogP contribution is 2.48. The summed E-state index contributed by atoms with van der Waals surface area (Å²) in [6.07, 6.45) is 6.34. The molecule has 0 saturated carbocycles. The van der Waals surface area contributed by atoms with Crippen LogP contribution < -0.4 is 9.91 Å². The molecule has 0 spiro atoms. The van der Waals surface area contributed by atoms with Gasteiger partial charge in [0.05, 0.1) is 32.5 Å². The molecule has 0 unspecified atom stereocenters. The normalized spacial score (nSPS) is 19.3. The summed E-state index contributed by atoms with van der Waals surface area (Å²) < 4.78 is 97.1. The van der Waals surface area contributed by atoms with E-state index in [9.17, 15) is 39.2 Å². The maximum absolute atomic E-state index is 13.0. The molecule has 0 aliphatic carbocycles. The first-order chi connectivity index (χ1) is 19.3. The Kier molecular flexibility index (Phi) is 8.09. The summed E-state index contributed by atoms with van der Waals surface area (Å²) in [6.45, 7) is 5.04. The third-order valence-electron chi connectivity index (χ3n) is 6.80. The fourth-order valence-electron chi connectivity index (χ4n) is 4.71. The van der Waals surface area contributed by atoms with Gasteiger partial charge in [0.15, 0.2) is 0 Å². The molecule has 0 saturated heterocycles. The number of carbonyl (C=O) groups is 1. The standard InChI is InChI=1S/C26H27N3O10S3/c1-17-21(25(30)29(27-17)18-8-10-19(11-9-18)41(34,35)36)6-4-5-7-24-26(2,3)22-16-20(42(37,38)39)12-13-23(22)28(24)14-15-40(31,32)33/h4-13,16H,14-15H2,1-3H3,(H,31,32,33)(H,34,35,36)(H,37,38,39)/b5-4+,21-6-,24-7+. The molecule has 3 N–H and O–H groups in total. The fraction of sp³-hybridized carbons (Fsp3) is 0.231. The Labute approximate surface area is 243 Å². The summed E-state index contributed by atoms with van der Waals surface area (Å²) in [4.78, 5) is 14.0. The highest BCUT2D eigenvalue weighted by atomic mass is 32.2. The Balaban J connectivity index is 1.64. The molecule has 16 heteroatoms. The number of anilines is 2. The lowest BCUT2D eigenvalue weighted by molar-refractivity contribution is -0.114. The van der Waals surface area contributed by atoms with Crippen LogP contribution >= 0.6 is 0 Å². The van der Waals surface area contributed by atoms with Crippen molar-refractivity contribution >= 4 is 53.3 Å². The van der Waals surface area contributed by atoms with Crippen molar-refractivity contribution in [2.45, 2.75) is 36.0 Å². The van der Waals surface area contributed by atoms with E-state index < -0.39 is 47.4 Å². The number of allylic oxidation sites excluding steroid dienone is 5. The van der Waals surface area contributed by atoms with Crippen molar-refractivity contribution in [3.63, 3.8) is 0 Å². The lowest BCUT2D eigenvalue weighted by Crippen LogP contribution is -2.30. The van der Waals surface area contributed by atoms with Gasteiger partial charge < -0.3 is 4.90 Å². The molecular formula is C26H27N3O10S3. The molecule has 4 rings (SSSR count). The zero-order valence-electron chi connectivity index (χ0n) is 22.5. The van der Waals surface area contributed by atoms with Gasteiger partial charge in [-0.15, -0.1) is 0 Å². The second kappa shape index (κ2) is 10.9. The van der Waals surface area contributed by atoms with Gasteiger partial charge in [-0.05, 0) is 67.1 Å². The van der Waals surface area contributed by atoms with Crippen LogP contribution in [0.5, 0.6) is 0 Å². The molecule has 2 aromatic rings. The summed E-state index contributed by atoms with van der Waals surface area (Å²) in [5.74, 6) is -1.08. The minimum absolute atomic E-state index is 0.142. The number of carbonyl (C=O) groups excluding carboxylic acids is 1. The number of fused-ring (bicyclic) bond motifs is 1. The predicted octanol–water partition coefficient (Wildman–Crippen LogP) is 2.95. The number of benzene rings is 2. The summed E-state index contributed by atoms with van der Waals surface area (Å²) in [5.41, 5.74) is 1.64. The average Bonchev–Trinajstić information content (AvgIpc) is 3.27. The van der Waals surface area contributed by atoms with Crippen LogP contribution in [0.2, 0.25) is 0 Å². The molecule has 0 radical (unpaired) electrons. The van der Waals surface area contributed by atoms with Gasteiger partial charge >= 0.3 is 0 Å². The molecule has 0 atom stereocenters. The number of amides is 1. The first-order valence-electron chi connectivity index (χ1n) is 12.2. The summed E-state index contributed by atoms with van der Waals surface area (Å²) >= 11 is 0. The van der Waals surface area contributed by atoms with E-state index in [0.29, 0.717) is 22.7 Å². The molecule has 224 valence electrons. The van der Waals surface area contributed by atoms with Crippen molar-refractivity contribution in [3.05, 3.63) is 83.6 Å². The van der Waals surface area contributed by atoms with Gasteiger partial charge in [-0.2, -0.15) is 35.4 Å². The quantitative estimate of drug-likeness (QED) is 0.284. The Bertz CT molecular complexity index is 1910. The third kappa shape index (κ3) is 6.38. The van der Waals surface area contributed by atoms with E-state index in [1.807, 2.05) is 0 Å². The number of hydrogen-bond acceptors (Lipinski definition) is 9. The second-order valence-electron chi connectivity index (χ2n) is 10.0. The molecule has 0 aromatic heterocycles. The smallest absolute Gasteiger partial charge is 0.294 e. The predicted molar refractivity (Wildman–Crippen MR) is 155 cm³/mol. The van der Waals surface area contributed by atoms with Gasteiger partial charge in [0.1, 0.15) is 0 Å². The molecule has 0 fully saturated rings. The summed E-state index contributed by atoms with van der Waals surface area (Å²) in [7, 11) is -13.2. The van der Waals surface area contributed by atoms with Gasteiger partial charge in [-0.1, -0.05) is 26.0 Å². The SMILES string of the molecule is CC1=NN(c2ccc(S(=O)(=O)O)cc2)C(=O)\C1=C/C=C/C=C1/N(CCS(=O)(=O)O)c2ccc(S(=O)(=O)O)cc2C1(C)C. The van der Waals surface area contributed by atoms with Crippen LogP contribution in [-0.2, 0) is 40.6 Å².